The molecule has 1 heterocycles. The molecule has 1 rings (SSSR count). The molecule has 8 heteroatoms. The van der Waals surface area contributed by atoms with Gasteiger partial charge >= 0.3 is 0 Å². The first-order valence-electron chi connectivity index (χ1n) is 6.43. The Morgan fingerprint density at radius 3 is 2.45 bits per heavy atom. The molecule has 1 aromatic heterocycles. The zero-order chi connectivity index (χ0) is 15.3. The molecule has 0 fully saturated rings. The lowest BCUT2D eigenvalue weighted by Crippen LogP contribution is -2.35. The first kappa shape index (κ1) is 16.6. The maximum absolute atomic E-state index is 12.0. The summed E-state index contributed by atoms with van der Waals surface area (Å²) in [6, 6.07) is 0. The molecule has 0 aliphatic carbocycles. The van der Waals surface area contributed by atoms with Crippen LogP contribution in [-0.2, 0) is 14.8 Å². The van der Waals surface area contributed by atoms with Gasteiger partial charge in [0.2, 0.25) is 15.9 Å². The van der Waals surface area contributed by atoms with Crippen LogP contribution in [0.2, 0.25) is 0 Å². The predicted octanol–water partition coefficient (Wildman–Crippen LogP) is 0.732. The summed E-state index contributed by atoms with van der Waals surface area (Å²) in [5.41, 5.74) is 0.318. The lowest BCUT2D eigenvalue weighted by atomic mass is 10.1. The van der Waals surface area contributed by atoms with Gasteiger partial charge in [0, 0.05) is 19.5 Å². The zero-order valence-electron chi connectivity index (χ0n) is 12.2. The van der Waals surface area contributed by atoms with Crippen molar-refractivity contribution in [2.24, 2.45) is 5.92 Å². The van der Waals surface area contributed by atoms with Gasteiger partial charge in [-0.2, -0.15) is 0 Å². The molecular weight excluding hydrogens is 282 g/mol. The third-order valence-electron chi connectivity index (χ3n) is 2.57. The van der Waals surface area contributed by atoms with Crippen molar-refractivity contribution in [2.45, 2.75) is 39.0 Å². The van der Waals surface area contributed by atoms with Gasteiger partial charge in [-0.15, -0.1) is 0 Å². The normalized spacial score (nSPS) is 11.8. The number of amides is 1. The van der Waals surface area contributed by atoms with Crippen LogP contribution in [-0.4, -0.2) is 32.6 Å². The summed E-state index contributed by atoms with van der Waals surface area (Å²) in [4.78, 5) is 11.5. The van der Waals surface area contributed by atoms with E-state index in [2.05, 4.69) is 15.2 Å². The highest BCUT2D eigenvalue weighted by Gasteiger charge is 2.23. The lowest BCUT2D eigenvalue weighted by molar-refractivity contribution is -0.121. The van der Waals surface area contributed by atoms with Gasteiger partial charge in [0.25, 0.3) is 0 Å². The Kier molecular flexibility index (Phi) is 5.70. The molecule has 0 bridgehead atoms. The molecule has 1 amide bonds. The minimum atomic E-state index is -3.66. The molecule has 20 heavy (non-hydrogen) atoms. The first-order valence-corrected chi connectivity index (χ1v) is 7.91. The van der Waals surface area contributed by atoms with Crippen LogP contribution in [0.5, 0.6) is 0 Å². The van der Waals surface area contributed by atoms with Crippen LogP contribution in [0, 0.1) is 19.8 Å². The Bertz CT molecular complexity index is 544. The van der Waals surface area contributed by atoms with Crippen molar-refractivity contribution >= 4 is 15.9 Å². The number of carbonyl (C=O) groups excluding carboxylic acids is 1. The van der Waals surface area contributed by atoms with E-state index in [0.29, 0.717) is 12.1 Å². The number of nitrogens with one attached hydrogen (secondary N) is 2. The van der Waals surface area contributed by atoms with Gasteiger partial charge in [0.1, 0.15) is 10.6 Å². The van der Waals surface area contributed by atoms with Crippen LogP contribution in [0.15, 0.2) is 9.42 Å². The summed E-state index contributed by atoms with van der Waals surface area (Å²) in [5, 5.41) is 6.26. The van der Waals surface area contributed by atoms with E-state index >= 15 is 0 Å². The van der Waals surface area contributed by atoms with E-state index < -0.39 is 10.0 Å². The highest BCUT2D eigenvalue weighted by molar-refractivity contribution is 7.89. The van der Waals surface area contributed by atoms with E-state index in [1.807, 2.05) is 13.8 Å². The number of sulfonamides is 1. The van der Waals surface area contributed by atoms with Crippen molar-refractivity contribution in [2.75, 3.05) is 13.1 Å². The zero-order valence-corrected chi connectivity index (χ0v) is 13.0. The Balaban J connectivity index is 2.48. The van der Waals surface area contributed by atoms with E-state index in [1.54, 1.807) is 13.8 Å². The predicted molar refractivity (Wildman–Crippen MR) is 73.6 cm³/mol. The van der Waals surface area contributed by atoms with Gasteiger partial charge in [-0.3, -0.25) is 4.79 Å². The van der Waals surface area contributed by atoms with Crippen LogP contribution >= 0.6 is 0 Å². The summed E-state index contributed by atoms with van der Waals surface area (Å²) < 4.78 is 31.3. The van der Waals surface area contributed by atoms with Gasteiger partial charge in [-0.25, -0.2) is 13.1 Å². The molecule has 0 saturated carbocycles. The Hall–Kier alpha value is -1.41. The second kappa shape index (κ2) is 6.85. The van der Waals surface area contributed by atoms with Crippen LogP contribution in [0.1, 0.15) is 31.7 Å². The monoisotopic (exact) mass is 303 g/mol. The van der Waals surface area contributed by atoms with E-state index in [9.17, 15) is 13.2 Å². The van der Waals surface area contributed by atoms with Crippen molar-refractivity contribution in [3.63, 3.8) is 0 Å². The molecule has 0 aromatic carbocycles. The summed E-state index contributed by atoms with van der Waals surface area (Å²) in [6.07, 6.45) is 0.427. The summed E-state index contributed by atoms with van der Waals surface area (Å²) in [5.74, 6) is 0.435. The highest BCUT2D eigenvalue weighted by Crippen LogP contribution is 2.18. The van der Waals surface area contributed by atoms with E-state index in [4.69, 9.17) is 4.52 Å². The molecule has 0 saturated heterocycles. The topological polar surface area (TPSA) is 101 Å². The van der Waals surface area contributed by atoms with E-state index in [-0.39, 0.29) is 35.6 Å². The minimum Gasteiger partial charge on any atom is -0.360 e. The fraction of sp³-hybridized carbons (Fsp3) is 0.667. The quantitative estimate of drug-likeness (QED) is 0.723. The maximum Gasteiger partial charge on any atom is 0.246 e. The highest BCUT2D eigenvalue weighted by atomic mass is 32.2. The SMILES string of the molecule is Cc1noc(C)c1S(=O)(=O)NCCNC(=O)CC(C)C. The van der Waals surface area contributed by atoms with Crippen molar-refractivity contribution in [1.82, 2.24) is 15.2 Å². The molecule has 0 unspecified atom stereocenters. The van der Waals surface area contributed by atoms with Gasteiger partial charge in [-0.1, -0.05) is 19.0 Å². The number of hydrogen-bond donors (Lipinski definition) is 2. The van der Waals surface area contributed by atoms with Crippen LogP contribution in [0.4, 0.5) is 0 Å². The maximum atomic E-state index is 12.0. The molecule has 1 aromatic rings. The third kappa shape index (κ3) is 4.61. The minimum absolute atomic E-state index is 0.0611. The van der Waals surface area contributed by atoms with Crippen LogP contribution in [0.25, 0.3) is 0 Å². The molecule has 0 aliphatic heterocycles. The molecule has 114 valence electrons. The standard InChI is InChI=1S/C12H21N3O4S/c1-8(2)7-11(16)13-5-6-14-20(17,18)12-9(3)15-19-10(12)4/h8,14H,5-7H2,1-4H3,(H,13,16). The molecule has 2 N–H and O–H groups in total. The van der Waals surface area contributed by atoms with E-state index in [1.165, 1.54) is 0 Å². The second-order valence-electron chi connectivity index (χ2n) is 5.00. The second-order valence-corrected chi connectivity index (χ2v) is 6.70. The molecule has 7 nitrogen and oxygen atoms in total. The Morgan fingerprint density at radius 1 is 1.30 bits per heavy atom. The van der Waals surface area contributed by atoms with E-state index in [0.717, 1.165) is 0 Å². The van der Waals surface area contributed by atoms with Crippen molar-refractivity contribution in [3.05, 3.63) is 11.5 Å². The van der Waals surface area contributed by atoms with Crippen molar-refractivity contribution < 1.29 is 17.7 Å². The fourth-order valence-electron chi connectivity index (χ4n) is 1.76. The molecule has 0 spiro atoms. The number of carbonyl (C=O) groups is 1. The molecule has 0 atom stereocenters. The average molecular weight is 303 g/mol. The van der Waals surface area contributed by atoms with Gasteiger partial charge in [-0.05, 0) is 19.8 Å². The summed E-state index contributed by atoms with van der Waals surface area (Å²) >= 11 is 0. The number of aryl methyl sites for hydroxylation is 2. The summed E-state index contributed by atoms with van der Waals surface area (Å²) in [6.45, 7) is 7.36. The summed E-state index contributed by atoms with van der Waals surface area (Å²) in [7, 11) is -3.66. The van der Waals surface area contributed by atoms with Gasteiger partial charge < -0.3 is 9.84 Å². The fourth-order valence-corrected chi connectivity index (χ4v) is 3.12. The lowest BCUT2D eigenvalue weighted by Gasteiger charge is -2.08. The van der Waals surface area contributed by atoms with Crippen molar-refractivity contribution in [1.29, 1.82) is 0 Å². The number of nitrogens with zero attached hydrogens (tertiary/aromatic N) is 1. The Labute approximate surface area is 119 Å². The largest absolute Gasteiger partial charge is 0.360 e. The molecular formula is C12H21N3O4S. The number of aromatic nitrogens is 1. The molecule has 0 aliphatic rings. The van der Waals surface area contributed by atoms with Crippen LogP contribution < -0.4 is 10.0 Å². The number of rotatable bonds is 7. The average Bonchev–Trinajstić information content (AvgIpc) is 2.64. The third-order valence-corrected chi connectivity index (χ3v) is 4.27. The van der Waals surface area contributed by atoms with Crippen LogP contribution in [0.3, 0.4) is 0 Å². The smallest absolute Gasteiger partial charge is 0.246 e. The number of hydrogen-bond acceptors (Lipinski definition) is 5. The molecule has 0 radical (unpaired) electrons. The van der Waals surface area contributed by atoms with Crippen molar-refractivity contribution in [3.8, 4) is 0 Å². The Morgan fingerprint density at radius 2 is 1.95 bits per heavy atom. The van der Waals surface area contributed by atoms with Gasteiger partial charge in [0.05, 0.1) is 0 Å². The van der Waals surface area contributed by atoms with Gasteiger partial charge in [0.15, 0.2) is 5.76 Å². The first-order chi connectivity index (χ1) is 9.24.